The van der Waals surface area contributed by atoms with E-state index >= 15 is 0 Å². The highest BCUT2D eigenvalue weighted by molar-refractivity contribution is 6.24. The molecule has 2 heteroatoms. The van der Waals surface area contributed by atoms with E-state index in [1.165, 1.54) is 71.3 Å². The van der Waals surface area contributed by atoms with E-state index in [1.54, 1.807) is 0 Å². The molecule has 0 amide bonds. The molecule has 0 fully saturated rings. The molecule has 0 aliphatic heterocycles. The number of anilines is 3. The van der Waals surface area contributed by atoms with Gasteiger partial charge in [-0.1, -0.05) is 133 Å². The maximum Gasteiger partial charge on any atom is 0.0547 e. The highest BCUT2D eigenvalue weighted by Crippen LogP contribution is 2.40. The third kappa shape index (κ3) is 4.65. The molecule has 0 aliphatic rings. The average molecular weight is 637 g/mol. The van der Waals surface area contributed by atoms with Gasteiger partial charge in [0.05, 0.1) is 11.0 Å². The zero-order chi connectivity index (χ0) is 33.0. The lowest BCUT2D eigenvalue weighted by Crippen LogP contribution is -2.09. The highest BCUT2D eigenvalue weighted by Gasteiger charge is 2.17. The summed E-state index contributed by atoms with van der Waals surface area (Å²) < 4.78 is 2.40. The van der Waals surface area contributed by atoms with Gasteiger partial charge in [-0.3, -0.25) is 0 Å². The first-order chi connectivity index (χ1) is 24.8. The van der Waals surface area contributed by atoms with E-state index in [0.717, 1.165) is 17.1 Å². The molecule has 0 unspecified atom stereocenters. The molecule has 9 aromatic carbocycles. The molecule has 0 bridgehead atoms. The Morgan fingerprint density at radius 3 is 1.32 bits per heavy atom. The zero-order valence-corrected chi connectivity index (χ0v) is 27.4. The Kier molecular flexibility index (Phi) is 6.53. The summed E-state index contributed by atoms with van der Waals surface area (Å²) in [6, 6.07) is 70.4. The summed E-state index contributed by atoms with van der Waals surface area (Å²) in [4.78, 5) is 2.35. The van der Waals surface area contributed by atoms with Crippen molar-refractivity contribution in [1.82, 2.24) is 4.57 Å². The molecular formula is C48H32N2. The maximum atomic E-state index is 2.40. The van der Waals surface area contributed by atoms with Crippen molar-refractivity contribution in [2.24, 2.45) is 0 Å². The molecule has 1 aromatic heterocycles. The van der Waals surface area contributed by atoms with Crippen LogP contribution in [0.1, 0.15) is 0 Å². The van der Waals surface area contributed by atoms with Crippen molar-refractivity contribution in [2.75, 3.05) is 4.90 Å². The van der Waals surface area contributed by atoms with Crippen LogP contribution in [-0.2, 0) is 0 Å². The second-order valence-electron chi connectivity index (χ2n) is 13.0. The van der Waals surface area contributed by atoms with Gasteiger partial charge in [0.1, 0.15) is 0 Å². The van der Waals surface area contributed by atoms with E-state index in [2.05, 4.69) is 204 Å². The molecule has 0 N–H and O–H groups in total. The maximum absolute atomic E-state index is 2.40. The molecule has 0 aliphatic carbocycles. The number of hydrogen-bond donors (Lipinski definition) is 0. The monoisotopic (exact) mass is 636 g/mol. The number of rotatable bonds is 6. The van der Waals surface area contributed by atoms with Gasteiger partial charge in [-0.2, -0.15) is 0 Å². The normalized spacial score (nSPS) is 11.6. The largest absolute Gasteiger partial charge is 0.310 e. The lowest BCUT2D eigenvalue weighted by molar-refractivity contribution is 1.18. The summed E-state index contributed by atoms with van der Waals surface area (Å²) in [5.41, 5.74) is 11.8. The van der Waals surface area contributed by atoms with E-state index in [1.807, 2.05) is 0 Å². The third-order valence-corrected chi connectivity index (χ3v) is 10.1. The molecule has 2 nitrogen and oxygen atoms in total. The minimum absolute atomic E-state index is 1.11. The Labute approximate surface area is 291 Å². The molecule has 0 saturated heterocycles. The van der Waals surface area contributed by atoms with Crippen molar-refractivity contribution >= 4 is 60.4 Å². The molecule has 0 atom stereocenters. The fraction of sp³-hybridized carbons (Fsp3) is 0. The van der Waals surface area contributed by atoms with Gasteiger partial charge in [-0.25, -0.2) is 0 Å². The standard InChI is InChI=1S/C48H32N2/c1-2-8-33(9-3-1)35-18-25-41(26-19-35)49(44-31-24-34-10-4-5-11-40(34)32-44)42-27-20-36(21-28-42)37-22-29-43(30-23-37)50-45-14-6-12-38-16-17-39-13-7-15-46(50)48(39)47(38)45/h1-32H. The molecule has 10 rings (SSSR count). The fourth-order valence-electron chi connectivity index (χ4n) is 7.70. The van der Waals surface area contributed by atoms with Gasteiger partial charge in [0.15, 0.2) is 0 Å². The van der Waals surface area contributed by atoms with Crippen molar-refractivity contribution in [2.45, 2.75) is 0 Å². The van der Waals surface area contributed by atoms with Gasteiger partial charge in [-0.15, -0.1) is 0 Å². The van der Waals surface area contributed by atoms with Crippen LogP contribution in [0.2, 0.25) is 0 Å². The zero-order valence-electron chi connectivity index (χ0n) is 27.4. The van der Waals surface area contributed by atoms with E-state index in [4.69, 9.17) is 0 Å². The number of hydrogen-bond acceptors (Lipinski definition) is 1. The van der Waals surface area contributed by atoms with E-state index < -0.39 is 0 Å². The Morgan fingerprint density at radius 1 is 0.300 bits per heavy atom. The Bertz CT molecular complexity index is 2710. The van der Waals surface area contributed by atoms with E-state index in [-0.39, 0.29) is 0 Å². The molecule has 0 spiro atoms. The highest BCUT2D eigenvalue weighted by atomic mass is 15.1. The Balaban J connectivity index is 1.02. The summed E-state index contributed by atoms with van der Waals surface area (Å²) in [5, 5.41) is 7.71. The van der Waals surface area contributed by atoms with Gasteiger partial charge in [-0.05, 0) is 104 Å². The molecule has 0 saturated carbocycles. The molecule has 50 heavy (non-hydrogen) atoms. The predicted octanol–water partition coefficient (Wildman–Crippen LogP) is 13.3. The van der Waals surface area contributed by atoms with Crippen LogP contribution in [0.25, 0.3) is 71.3 Å². The smallest absolute Gasteiger partial charge is 0.0547 e. The summed E-state index contributed by atoms with van der Waals surface area (Å²) in [6.07, 6.45) is 0. The minimum Gasteiger partial charge on any atom is -0.310 e. The predicted molar refractivity (Wildman–Crippen MR) is 213 cm³/mol. The quantitative estimate of drug-likeness (QED) is 0.165. The fourth-order valence-corrected chi connectivity index (χ4v) is 7.70. The molecule has 234 valence electrons. The van der Waals surface area contributed by atoms with Crippen LogP contribution in [-0.4, -0.2) is 4.57 Å². The third-order valence-electron chi connectivity index (χ3n) is 10.1. The Hall–Kier alpha value is -6.64. The number of benzene rings is 9. The lowest BCUT2D eigenvalue weighted by Gasteiger charge is -2.26. The lowest BCUT2D eigenvalue weighted by atomic mass is 10.0. The SMILES string of the molecule is c1ccc(-c2ccc(N(c3ccc(-c4ccc(-n5c6cccc7ccc8cccc5c8c76)cc4)cc3)c3ccc4ccccc4c3)cc2)cc1. The Morgan fingerprint density at radius 2 is 0.740 bits per heavy atom. The summed E-state index contributed by atoms with van der Waals surface area (Å²) in [6.45, 7) is 0. The summed E-state index contributed by atoms with van der Waals surface area (Å²) >= 11 is 0. The second-order valence-corrected chi connectivity index (χ2v) is 13.0. The van der Waals surface area contributed by atoms with Gasteiger partial charge in [0.2, 0.25) is 0 Å². The van der Waals surface area contributed by atoms with Crippen molar-refractivity contribution in [3.8, 4) is 27.9 Å². The number of aromatic nitrogens is 1. The van der Waals surface area contributed by atoms with E-state index in [0.29, 0.717) is 0 Å². The first-order valence-corrected chi connectivity index (χ1v) is 17.2. The first-order valence-electron chi connectivity index (χ1n) is 17.2. The number of fused-ring (bicyclic) bond motifs is 1. The summed E-state index contributed by atoms with van der Waals surface area (Å²) in [5.74, 6) is 0. The molecular weight excluding hydrogens is 605 g/mol. The first kappa shape index (κ1) is 28.4. The average Bonchev–Trinajstić information content (AvgIpc) is 3.54. The van der Waals surface area contributed by atoms with Crippen molar-refractivity contribution in [3.63, 3.8) is 0 Å². The number of nitrogens with zero attached hydrogens (tertiary/aromatic N) is 2. The van der Waals surface area contributed by atoms with Crippen molar-refractivity contribution in [1.29, 1.82) is 0 Å². The topological polar surface area (TPSA) is 8.17 Å². The second kappa shape index (κ2) is 11.5. The molecule has 10 aromatic rings. The van der Waals surface area contributed by atoms with Crippen LogP contribution in [0.5, 0.6) is 0 Å². The van der Waals surface area contributed by atoms with Crippen molar-refractivity contribution in [3.05, 3.63) is 194 Å². The van der Waals surface area contributed by atoms with E-state index in [9.17, 15) is 0 Å². The van der Waals surface area contributed by atoms with Gasteiger partial charge < -0.3 is 9.47 Å². The van der Waals surface area contributed by atoms with Crippen LogP contribution in [0.3, 0.4) is 0 Å². The van der Waals surface area contributed by atoms with Crippen LogP contribution in [0, 0.1) is 0 Å². The summed E-state index contributed by atoms with van der Waals surface area (Å²) in [7, 11) is 0. The van der Waals surface area contributed by atoms with Crippen LogP contribution in [0.15, 0.2) is 194 Å². The van der Waals surface area contributed by atoms with Crippen molar-refractivity contribution < 1.29 is 0 Å². The molecule has 0 radical (unpaired) electrons. The van der Waals surface area contributed by atoms with Crippen LogP contribution < -0.4 is 4.90 Å². The minimum atomic E-state index is 1.11. The van der Waals surface area contributed by atoms with Crippen LogP contribution >= 0.6 is 0 Å². The van der Waals surface area contributed by atoms with Crippen LogP contribution in [0.4, 0.5) is 17.1 Å². The van der Waals surface area contributed by atoms with Gasteiger partial charge in [0.25, 0.3) is 0 Å². The van der Waals surface area contributed by atoms with Gasteiger partial charge in [0, 0.05) is 33.5 Å². The molecule has 1 heterocycles. The van der Waals surface area contributed by atoms with Gasteiger partial charge >= 0.3 is 0 Å².